The maximum absolute atomic E-state index is 12.6. The number of aliphatic hydroxyl groups is 1. The van der Waals surface area contributed by atoms with Crippen molar-refractivity contribution >= 4 is 11.6 Å². The van der Waals surface area contributed by atoms with E-state index in [-0.39, 0.29) is 18.2 Å². The zero-order chi connectivity index (χ0) is 14.7. The molecule has 1 heterocycles. The molecule has 0 amide bonds. The first-order chi connectivity index (χ1) is 8.76. The van der Waals surface area contributed by atoms with E-state index in [9.17, 15) is 18.3 Å². The van der Waals surface area contributed by atoms with Crippen LogP contribution < -0.4 is 11.1 Å². The summed E-state index contributed by atoms with van der Waals surface area (Å²) in [6.45, 7) is 3.43. The molecule has 8 heteroatoms. The Kier molecular flexibility index (Phi) is 4.56. The average Bonchev–Trinajstić information content (AvgIpc) is 2.34. The third-order valence-electron chi connectivity index (χ3n) is 3.05. The Morgan fingerprint density at radius 1 is 1.26 bits per heavy atom. The van der Waals surface area contributed by atoms with Crippen LogP contribution in [0.15, 0.2) is 6.07 Å². The fraction of sp³-hybridized carbons (Fsp3) is 0.636. The number of hydrogen-bond acceptors (Lipinski definition) is 5. The second kappa shape index (κ2) is 5.60. The van der Waals surface area contributed by atoms with Gasteiger partial charge in [0, 0.05) is 6.07 Å². The Hall–Kier alpha value is -1.57. The van der Waals surface area contributed by atoms with Crippen LogP contribution in [-0.2, 0) is 6.18 Å². The van der Waals surface area contributed by atoms with Crippen LogP contribution in [0.2, 0.25) is 0 Å². The summed E-state index contributed by atoms with van der Waals surface area (Å²) in [6.07, 6.45) is -3.59. The Bertz CT molecular complexity index is 424. The molecule has 0 saturated carbocycles. The van der Waals surface area contributed by atoms with Crippen molar-refractivity contribution in [2.45, 2.75) is 38.4 Å². The molecule has 0 fully saturated rings. The van der Waals surface area contributed by atoms with Gasteiger partial charge in [-0.1, -0.05) is 13.8 Å². The zero-order valence-electron chi connectivity index (χ0n) is 10.8. The molecule has 4 N–H and O–H groups in total. The van der Waals surface area contributed by atoms with E-state index in [0.29, 0.717) is 12.8 Å². The molecule has 19 heavy (non-hydrogen) atoms. The van der Waals surface area contributed by atoms with Crippen LogP contribution in [0.5, 0.6) is 0 Å². The number of anilines is 2. The van der Waals surface area contributed by atoms with Crippen LogP contribution in [0.3, 0.4) is 0 Å². The van der Waals surface area contributed by atoms with Crippen LogP contribution in [0, 0.1) is 0 Å². The van der Waals surface area contributed by atoms with E-state index in [4.69, 9.17) is 5.73 Å². The molecule has 0 aromatic carbocycles. The number of nitrogens with zero attached hydrogens (tertiary/aromatic N) is 2. The van der Waals surface area contributed by atoms with Crippen molar-refractivity contribution in [3.63, 3.8) is 0 Å². The van der Waals surface area contributed by atoms with Gasteiger partial charge in [-0.3, -0.25) is 0 Å². The Morgan fingerprint density at radius 3 is 2.26 bits per heavy atom. The minimum absolute atomic E-state index is 0.0439. The molecule has 0 aliphatic carbocycles. The van der Waals surface area contributed by atoms with E-state index in [1.54, 1.807) is 0 Å². The number of hydrogen-bond donors (Lipinski definition) is 3. The van der Waals surface area contributed by atoms with Crippen LogP contribution >= 0.6 is 0 Å². The number of nitrogen functional groups attached to an aromatic ring is 1. The number of aliphatic hydroxyl groups excluding tert-OH is 1. The fourth-order valence-corrected chi connectivity index (χ4v) is 1.62. The van der Waals surface area contributed by atoms with E-state index in [1.807, 2.05) is 13.8 Å². The molecule has 1 rings (SSSR count). The predicted octanol–water partition coefficient (Wildman–Crippen LogP) is 2.04. The smallest absolute Gasteiger partial charge is 0.394 e. The molecular weight excluding hydrogens is 261 g/mol. The molecule has 1 aromatic heterocycles. The van der Waals surface area contributed by atoms with Gasteiger partial charge in [0.05, 0.1) is 12.1 Å². The molecule has 0 radical (unpaired) electrons. The van der Waals surface area contributed by atoms with Gasteiger partial charge >= 0.3 is 6.18 Å². The van der Waals surface area contributed by atoms with Gasteiger partial charge in [0.15, 0.2) is 0 Å². The number of rotatable bonds is 5. The first kappa shape index (κ1) is 15.5. The van der Waals surface area contributed by atoms with Gasteiger partial charge in [-0.05, 0) is 12.8 Å². The van der Waals surface area contributed by atoms with Gasteiger partial charge in [-0.2, -0.15) is 13.2 Å². The molecule has 0 atom stereocenters. The maximum atomic E-state index is 12.6. The average molecular weight is 278 g/mol. The lowest BCUT2D eigenvalue weighted by atomic mass is 9.94. The van der Waals surface area contributed by atoms with Crippen LogP contribution in [-0.4, -0.2) is 27.2 Å². The highest BCUT2D eigenvalue weighted by atomic mass is 19.4. The lowest BCUT2D eigenvalue weighted by Gasteiger charge is -2.31. The molecule has 0 aliphatic rings. The zero-order valence-corrected chi connectivity index (χ0v) is 10.8. The summed E-state index contributed by atoms with van der Waals surface area (Å²) in [6, 6.07) is 1.21. The highest BCUT2D eigenvalue weighted by molar-refractivity contribution is 5.46. The highest BCUT2D eigenvalue weighted by Gasteiger charge is 2.36. The largest absolute Gasteiger partial charge is 0.451 e. The summed E-state index contributed by atoms with van der Waals surface area (Å²) in [7, 11) is 0. The summed E-state index contributed by atoms with van der Waals surface area (Å²) >= 11 is 0. The number of aromatic nitrogens is 2. The number of nitrogens with two attached hydrogens (primary N) is 1. The monoisotopic (exact) mass is 278 g/mol. The van der Waals surface area contributed by atoms with Gasteiger partial charge in [-0.25, -0.2) is 9.97 Å². The third kappa shape index (κ3) is 3.69. The van der Waals surface area contributed by atoms with Crippen molar-refractivity contribution in [2.24, 2.45) is 0 Å². The standard InChI is InChI=1S/C11H17F3N4O/c1-3-10(4-2,6-19)18-8-5-7(15)16-9(17-8)11(12,13)14/h5,19H,3-4,6H2,1-2H3,(H3,15,16,17,18). The minimum atomic E-state index is -4.66. The van der Waals surface area contributed by atoms with Crippen molar-refractivity contribution in [3.05, 3.63) is 11.9 Å². The van der Waals surface area contributed by atoms with Crippen molar-refractivity contribution in [1.29, 1.82) is 0 Å². The lowest BCUT2D eigenvalue weighted by Crippen LogP contribution is -2.41. The van der Waals surface area contributed by atoms with Gasteiger partial charge in [0.1, 0.15) is 11.6 Å². The Labute approximate surface area is 109 Å². The van der Waals surface area contributed by atoms with Crippen LogP contribution in [0.25, 0.3) is 0 Å². The molecule has 108 valence electrons. The summed E-state index contributed by atoms with van der Waals surface area (Å²) in [5.41, 5.74) is 4.63. The van der Waals surface area contributed by atoms with E-state index in [2.05, 4.69) is 15.3 Å². The predicted molar refractivity (Wildman–Crippen MR) is 65.5 cm³/mol. The second-order valence-electron chi connectivity index (χ2n) is 4.27. The quantitative estimate of drug-likeness (QED) is 0.767. The molecule has 1 aromatic rings. The summed E-state index contributed by atoms with van der Waals surface area (Å²) in [5, 5.41) is 12.2. The normalized spacial score (nSPS) is 12.5. The Morgan fingerprint density at radius 2 is 1.84 bits per heavy atom. The fourth-order valence-electron chi connectivity index (χ4n) is 1.62. The van der Waals surface area contributed by atoms with E-state index in [0.717, 1.165) is 0 Å². The van der Waals surface area contributed by atoms with Gasteiger partial charge < -0.3 is 16.2 Å². The minimum Gasteiger partial charge on any atom is -0.394 e. The molecule has 0 unspecified atom stereocenters. The second-order valence-corrected chi connectivity index (χ2v) is 4.27. The molecule has 0 aliphatic heterocycles. The first-order valence-corrected chi connectivity index (χ1v) is 5.87. The maximum Gasteiger partial charge on any atom is 0.451 e. The SMILES string of the molecule is CCC(CC)(CO)Nc1cc(N)nc(C(F)(F)F)n1. The van der Waals surface area contributed by atoms with Gasteiger partial charge in [-0.15, -0.1) is 0 Å². The van der Waals surface area contributed by atoms with Crippen LogP contribution in [0.1, 0.15) is 32.5 Å². The Balaban J connectivity index is 3.11. The summed E-state index contributed by atoms with van der Waals surface area (Å²) in [4.78, 5) is 6.55. The molecule has 0 saturated heterocycles. The van der Waals surface area contributed by atoms with Crippen molar-refractivity contribution in [1.82, 2.24) is 9.97 Å². The molecular formula is C11H17F3N4O. The molecule has 5 nitrogen and oxygen atoms in total. The summed E-state index contributed by atoms with van der Waals surface area (Å²) in [5.74, 6) is -1.62. The van der Waals surface area contributed by atoms with E-state index >= 15 is 0 Å². The van der Waals surface area contributed by atoms with Crippen LogP contribution in [0.4, 0.5) is 24.8 Å². The molecule has 0 bridgehead atoms. The lowest BCUT2D eigenvalue weighted by molar-refractivity contribution is -0.144. The van der Waals surface area contributed by atoms with Gasteiger partial charge in [0.25, 0.3) is 0 Å². The third-order valence-corrected chi connectivity index (χ3v) is 3.05. The van der Waals surface area contributed by atoms with E-state index in [1.165, 1.54) is 6.07 Å². The number of nitrogens with one attached hydrogen (secondary N) is 1. The topological polar surface area (TPSA) is 84.1 Å². The van der Waals surface area contributed by atoms with Crippen molar-refractivity contribution in [2.75, 3.05) is 17.7 Å². The highest BCUT2D eigenvalue weighted by Crippen LogP contribution is 2.29. The molecule has 0 spiro atoms. The van der Waals surface area contributed by atoms with Gasteiger partial charge in [0.2, 0.25) is 5.82 Å². The first-order valence-electron chi connectivity index (χ1n) is 5.87. The number of halogens is 3. The number of alkyl halides is 3. The van der Waals surface area contributed by atoms with Crippen molar-refractivity contribution < 1.29 is 18.3 Å². The summed E-state index contributed by atoms with van der Waals surface area (Å²) < 4.78 is 37.7. The van der Waals surface area contributed by atoms with E-state index < -0.39 is 17.5 Å². The van der Waals surface area contributed by atoms with Crippen molar-refractivity contribution in [3.8, 4) is 0 Å².